The van der Waals surface area contributed by atoms with E-state index in [4.69, 9.17) is 4.74 Å². The summed E-state index contributed by atoms with van der Waals surface area (Å²) in [4.78, 5) is 7.78. The molecule has 4 nitrogen and oxygen atoms in total. The van der Waals surface area contributed by atoms with Crippen molar-refractivity contribution in [3.63, 3.8) is 0 Å². The Balaban J connectivity index is 1.31. The van der Waals surface area contributed by atoms with E-state index in [0.29, 0.717) is 5.41 Å². The number of hydrogen-bond donors (Lipinski definition) is 0. The Morgan fingerprint density at radius 3 is 2.05 bits per heavy atom. The van der Waals surface area contributed by atoms with Crippen molar-refractivity contribution in [1.29, 1.82) is 0 Å². The van der Waals surface area contributed by atoms with Crippen molar-refractivity contribution in [3.05, 3.63) is 0 Å². The molecule has 0 unspecified atom stereocenters. The molecular weight excluding hydrogens is 262 g/mol. The molecule has 21 heavy (non-hydrogen) atoms. The standard InChI is InChI=1S/C17H33N3O/c1-18-7-9-20(10-8-18)12-11-19-5-3-17(4-6-19)13-16(14-17)15-21-2/h16H,3-15H2,1-2H3. The maximum Gasteiger partial charge on any atom is 0.0490 e. The number of ether oxygens (including phenoxy) is 1. The van der Waals surface area contributed by atoms with Crippen molar-refractivity contribution in [2.45, 2.75) is 25.7 Å². The van der Waals surface area contributed by atoms with Gasteiger partial charge in [0.05, 0.1) is 0 Å². The maximum atomic E-state index is 5.29. The Kier molecular flexibility index (Phi) is 5.20. The summed E-state index contributed by atoms with van der Waals surface area (Å²) in [6.45, 7) is 11.2. The Bertz CT molecular complexity index is 312. The summed E-state index contributed by atoms with van der Waals surface area (Å²) >= 11 is 0. The summed E-state index contributed by atoms with van der Waals surface area (Å²) < 4.78 is 5.29. The van der Waals surface area contributed by atoms with Crippen molar-refractivity contribution in [2.75, 3.05) is 73.1 Å². The molecule has 3 rings (SSSR count). The predicted octanol–water partition coefficient (Wildman–Crippen LogP) is 1.37. The van der Waals surface area contributed by atoms with Crippen LogP contribution in [0.5, 0.6) is 0 Å². The van der Waals surface area contributed by atoms with Crippen LogP contribution >= 0.6 is 0 Å². The molecule has 0 N–H and O–H groups in total. The smallest absolute Gasteiger partial charge is 0.0490 e. The predicted molar refractivity (Wildman–Crippen MR) is 86.6 cm³/mol. The van der Waals surface area contributed by atoms with Crippen molar-refractivity contribution < 1.29 is 4.74 Å². The zero-order valence-electron chi connectivity index (χ0n) is 14.0. The van der Waals surface area contributed by atoms with Crippen LogP contribution in [-0.4, -0.2) is 87.8 Å². The molecule has 0 radical (unpaired) electrons. The molecule has 1 aliphatic carbocycles. The maximum absolute atomic E-state index is 5.29. The summed E-state index contributed by atoms with van der Waals surface area (Å²) in [5.41, 5.74) is 0.702. The minimum Gasteiger partial charge on any atom is -0.384 e. The molecule has 0 bridgehead atoms. The Morgan fingerprint density at radius 2 is 1.48 bits per heavy atom. The van der Waals surface area contributed by atoms with Gasteiger partial charge < -0.3 is 14.5 Å². The molecule has 0 atom stereocenters. The molecular formula is C17H33N3O. The number of likely N-dealkylation sites (N-methyl/N-ethyl adjacent to an activating group) is 1. The van der Waals surface area contributed by atoms with Crippen molar-refractivity contribution in [3.8, 4) is 0 Å². The molecule has 1 spiro atoms. The van der Waals surface area contributed by atoms with Gasteiger partial charge in [0, 0.05) is 53.0 Å². The number of methoxy groups -OCH3 is 1. The zero-order chi connectivity index (χ0) is 14.7. The lowest BCUT2D eigenvalue weighted by atomic mass is 9.58. The van der Waals surface area contributed by atoms with Crippen molar-refractivity contribution in [1.82, 2.24) is 14.7 Å². The van der Waals surface area contributed by atoms with E-state index in [0.717, 1.165) is 12.5 Å². The summed E-state index contributed by atoms with van der Waals surface area (Å²) in [5.74, 6) is 0.854. The van der Waals surface area contributed by atoms with E-state index in [2.05, 4.69) is 21.7 Å². The van der Waals surface area contributed by atoms with E-state index in [1.54, 1.807) is 0 Å². The number of piperidine rings is 1. The average molecular weight is 295 g/mol. The third-order valence-corrected chi connectivity index (χ3v) is 6.09. The third-order valence-electron chi connectivity index (χ3n) is 6.09. The number of rotatable bonds is 5. The SMILES string of the molecule is COCC1CC2(CCN(CCN3CCN(C)CC3)CC2)C1. The fraction of sp³-hybridized carbons (Fsp3) is 1.00. The van der Waals surface area contributed by atoms with E-state index in [9.17, 15) is 0 Å². The van der Waals surface area contributed by atoms with Crippen molar-refractivity contribution >= 4 is 0 Å². The first-order valence-electron chi connectivity index (χ1n) is 8.81. The first-order valence-corrected chi connectivity index (χ1v) is 8.81. The highest BCUT2D eigenvalue weighted by Gasteiger charge is 2.45. The lowest BCUT2D eigenvalue weighted by Gasteiger charge is -2.52. The zero-order valence-corrected chi connectivity index (χ0v) is 14.0. The summed E-state index contributed by atoms with van der Waals surface area (Å²) in [7, 11) is 4.07. The van der Waals surface area contributed by atoms with Gasteiger partial charge in [-0.1, -0.05) is 0 Å². The van der Waals surface area contributed by atoms with Gasteiger partial charge in [0.25, 0.3) is 0 Å². The van der Waals surface area contributed by atoms with Crippen LogP contribution in [0.25, 0.3) is 0 Å². The molecule has 3 fully saturated rings. The highest BCUT2D eigenvalue weighted by atomic mass is 16.5. The highest BCUT2D eigenvalue weighted by molar-refractivity contribution is 4.97. The minimum absolute atomic E-state index is 0.702. The number of piperazine rings is 1. The molecule has 4 heteroatoms. The van der Waals surface area contributed by atoms with Crippen LogP contribution in [0.3, 0.4) is 0 Å². The lowest BCUT2D eigenvalue weighted by Crippen LogP contribution is -2.50. The van der Waals surface area contributed by atoms with Gasteiger partial charge in [-0.2, -0.15) is 0 Å². The van der Waals surface area contributed by atoms with E-state index in [1.807, 2.05) is 7.11 Å². The number of likely N-dealkylation sites (tertiary alicyclic amines) is 1. The summed E-state index contributed by atoms with van der Waals surface area (Å²) in [6.07, 6.45) is 5.70. The van der Waals surface area contributed by atoms with E-state index in [-0.39, 0.29) is 0 Å². The fourth-order valence-corrected chi connectivity index (χ4v) is 4.53. The molecule has 122 valence electrons. The lowest BCUT2D eigenvalue weighted by molar-refractivity contribution is -0.0427. The highest BCUT2D eigenvalue weighted by Crippen LogP contribution is 2.52. The average Bonchev–Trinajstić information content (AvgIpc) is 2.47. The second kappa shape index (κ2) is 6.95. The second-order valence-electron chi connectivity index (χ2n) is 7.72. The Hall–Kier alpha value is -0.160. The van der Waals surface area contributed by atoms with Gasteiger partial charge in [-0.3, -0.25) is 4.90 Å². The largest absolute Gasteiger partial charge is 0.384 e. The van der Waals surface area contributed by atoms with Gasteiger partial charge in [0.1, 0.15) is 0 Å². The molecule has 0 aromatic carbocycles. The number of hydrogen-bond acceptors (Lipinski definition) is 4. The van der Waals surface area contributed by atoms with Gasteiger partial charge in [-0.05, 0) is 57.2 Å². The van der Waals surface area contributed by atoms with Gasteiger partial charge in [-0.15, -0.1) is 0 Å². The van der Waals surface area contributed by atoms with Gasteiger partial charge in [0.15, 0.2) is 0 Å². The van der Waals surface area contributed by atoms with Crippen LogP contribution in [0.4, 0.5) is 0 Å². The molecule has 1 saturated carbocycles. The van der Waals surface area contributed by atoms with E-state index >= 15 is 0 Å². The molecule has 0 aromatic heterocycles. The first-order chi connectivity index (χ1) is 10.2. The molecule has 2 saturated heterocycles. The van der Waals surface area contributed by atoms with Gasteiger partial charge in [-0.25, -0.2) is 0 Å². The van der Waals surface area contributed by atoms with Crippen LogP contribution in [0.2, 0.25) is 0 Å². The molecule has 2 aliphatic heterocycles. The molecule has 2 heterocycles. The quantitative estimate of drug-likeness (QED) is 0.762. The van der Waals surface area contributed by atoms with E-state index < -0.39 is 0 Å². The van der Waals surface area contributed by atoms with E-state index in [1.165, 1.54) is 78.0 Å². The van der Waals surface area contributed by atoms with Crippen molar-refractivity contribution in [2.24, 2.45) is 11.3 Å². The van der Waals surface area contributed by atoms with Gasteiger partial charge >= 0.3 is 0 Å². The topological polar surface area (TPSA) is 19.0 Å². The number of nitrogens with zero attached hydrogens (tertiary/aromatic N) is 3. The van der Waals surface area contributed by atoms with Gasteiger partial charge in [0.2, 0.25) is 0 Å². The first kappa shape index (κ1) is 15.7. The second-order valence-corrected chi connectivity index (χ2v) is 7.72. The molecule has 3 aliphatic rings. The third kappa shape index (κ3) is 3.98. The molecule has 0 amide bonds. The fourth-order valence-electron chi connectivity index (χ4n) is 4.53. The minimum atomic E-state index is 0.702. The van der Waals surface area contributed by atoms with Crippen LogP contribution in [0, 0.1) is 11.3 Å². The normalized spacial score (nSPS) is 28.9. The summed E-state index contributed by atoms with van der Waals surface area (Å²) in [5, 5.41) is 0. The van der Waals surface area contributed by atoms with Crippen LogP contribution in [0.15, 0.2) is 0 Å². The monoisotopic (exact) mass is 295 g/mol. The Labute approximate surface area is 130 Å². The summed E-state index contributed by atoms with van der Waals surface area (Å²) in [6, 6.07) is 0. The van der Waals surface area contributed by atoms with Crippen LogP contribution < -0.4 is 0 Å². The van der Waals surface area contributed by atoms with Crippen LogP contribution in [0.1, 0.15) is 25.7 Å². The Morgan fingerprint density at radius 1 is 0.905 bits per heavy atom. The van der Waals surface area contributed by atoms with Crippen LogP contribution in [-0.2, 0) is 4.74 Å². The molecule has 0 aromatic rings.